The minimum Gasteiger partial charge on any atom is -0.461 e. The first-order valence-corrected chi connectivity index (χ1v) is 8.00. The van der Waals surface area contributed by atoms with E-state index in [0.29, 0.717) is 0 Å². The zero-order chi connectivity index (χ0) is 16.0. The van der Waals surface area contributed by atoms with Crippen molar-refractivity contribution in [2.24, 2.45) is 0 Å². The summed E-state index contributed by atoms with van der Waals surface area (Å²) in [6.07, 6.45) is 0.828. The number of esters is 1. The molecule has 122 valence electrons. The van der Waals surface area contributed by atoms with Crippen LogP contribution in [0, 0.1) is 6.92 Å². The van der Waals surface area contributed by atoms with Gasteiger partial charge in [-0.1, -0.05) is 0 Å². The highest BCUT2D eigenvalue weighted by molar-refractivity contribution is 5.78. The lowest BCUT2D eigenvalue weighted by Gasteiger charge is -2.37. The van der Waals surface area contributed by atoms with Crippen molar-refractivity contribution in [1.29, 1.82) is 0 Å². The van der Waals surface area contributed by atoms with E-state index in [-0.39, 0.29) is 18.1 Å². The van der Waals surface area contributed by atoms with Gasteiger partial charge in [-0.2, -0.15) is 4.52 Å². The molecule has 2 aromatic rings. The van der Waals surface area contributed by atoms with Gasteiger partial charge in [0, 0.05) is 32.6 Å². The molecule has 4 rings (SSSR count). The Kier molecular flexibility index (Phi) is 3.41. The zero-order valence-electron chi connectivity index (χ0n) is 13.3. The van der Waals surface area contributed by atoms with Crippen LogP contribution in [0.5, 0.6) is 0 Å². The lowest BCUT2D eigenvalue weighted by atomic mass is 10.1. The average Bonchev–Trinajstić information content (AvgIpc) is 3.10. The van der Waals surface area contributed by atoms with Crippen molar-refractivity contribution in [2.75, 3.05) is 31.1 Å². The van der Waals surface area contributed by atoms with Crippen LogP contribution < -0.4 is 4.90 Å². The number of aromatic nitrogens is 4. The smallest absolute Gasteiger partial charge is 0.323 e. The van der Waals surface area contributed by atoms with Gasteiger partial charge < -0.3 is 9.64 Å². The minimum atomic E-state index is -0.0808. The molecule has 2 aliphatic rings. The molecule has 0 radical (unpaired) electrons. The van der Waals surface area contributed by atoms with Gasteiger partial charge in [-0.3, -0.25) is 9.69 Å². The van der Waals surface area contributed by atoms with Gasteiger partial charge in [0.05, 0.1) is 0 Å². The SMILES string of the molecule is Cc1nnc2ccc(N3CCN([C@@H]4C[C@@H](C)OC4=O)CC3)nn12. The summed E-state index contributed by atoms with van der Waals surface area (Å²) >= 11 is 0. The van der Waals surface area contributed by atoms with Gasteiger partial charge in [-0.05, 0) is 26.0 Å². The first kappa shape index (κ1) is 14.4. The second-order valence-electron chi connectivity index (χ2n) is 6.23. The number of piperazine rings is 1. The second-order valence-corrected chi connectivity index (χ2v) is 6.23. The van der Waals surface area contributed by atoms with Gasteiger partial charge >= 0.3 is 5.97 Å². The average molecular weight is 316 g/mol. The number of aryl methyl sites for hydroxylation is 1. The van der Waals surface area contributed by atoms with Gasteiger partial charge in [-0.15, -0.1) is 15.3 Å². The molecule has 0 spiro atoms. The van der Waals surface area contributed by atoms with E-state index in [1.54, 1.807) is 4.52 Å². The Balaban J connectivity index is 1.46. The summed E-state index contributed by atoms with van der Waals surface area (Å²) in [5, 5.41) is 12.7. The van der Waals surface area contributed by atoms with Crippen molar-refractivity contribution < 1.29 is 9.53 Å². The molecule has 0 N–H and O–H groups in total. The first-order chi connectivity index (χ1) is 11.1. The Labute approximate surface area is 134 Å². The third kappa shape index (κ3) is 2.52. The van der Waals surface area contributed by atoms with Crippen LogP contribution in [0.2, 0.25) is 0 Å². The lowest BCUT2D eigenvalue weighted by molar-refractivity contribution is -0.144. The predicted molar refractivity (Wildman–Crippen MR) is 83.3 cm³/mol. The molecular formula is C15H20N6O2. The van der Waals surface area contributed by atoms with Crippen LogP contribution in [0.25, 0.3) is 5.65 Å². The van der Waals surface area contributed by atoms with Gasteiger partial charge in [0.25, 0.3) is 0 Å². The van der Waals surface area contributed by atoms with Crippen LogP contribution in [-0.4, -0.2) is 69.0 Å². The fraction of sp³-hybridized carbons (Fsp3) is 0.600. The highest BCUT2D eigenvalue weighted by Gasteiger charge is 2.37. The number of hydrogen-bond donors (Lipinski definition) is 0. The molecule has 8 heteroatoms. The van der Waals surface area contributed by atoms with E-state index in [9.17, 15) is 4.79 Å². The maximum atomic E-state index is 11.9. The molecule has 2 fully saturated rings. The van der Waals surface area contributed by atoms with Crippen LogP contribution in [-0.2, 0) is 9.53 Å². The molecule has 2 aliphatic heterocycles. The fourth-order valence-electron chi connectivity index (χ4n) is 3.35. The molecule has 0 aliphatic carbocycles. The van der Waals surface area contributed by atoms with Gasteiger partial charge in [0.1, 0.15) is 18.0 Å². The Hall–Kier alpha value is -2.22. The second kappa shape index (κ2) is 5.45. The fourth-order valence-corrected chi connectivity index (χ4v) is 3.35. The number of rotatable bonds is 2. The topological polar surface area (TPSA) is 75.9 Å². The molecular weight excluding hydrogens is 296 g/mol. The Morgan fingerprint density at radius 1 is 1.17 bits per heavy atom. The number of cyclic esters (lactones) is 1. The van der Waals surface area contributed by atoms with Crippen molar-refractivity contribution in [3.05, 3.63) is 18.0 Å². The number of nitrogens with zero attached hydrogens (tertiary/aromatic N) is 6. The number of hydrogen-bond acceptors (Lipinski definition) is 7. The van der Waals surface area contributed by atoms with Gasteiger partial charge in [-0.25, -0.2) is 0 Å². The summed E-state index contributed by atoms with van der Waals surface area (Å²) in [4.78, 5) is 16.3. The maximum Gasteiger partial charge on any atom is 0.323 e. The first-order valence-electron chi connectivity index (χ1n) is 8.00. The maximum absolute atomic E-state index is 11.9. The number of carbonyl (C=O) groups excluding carboxylic acids is 1. The van der Waals surface area contributed by atoms with Crippen molar-refractivity contribution in [3.63, 3.8) is 0 Å². The Bertz CT molecular complexity index is 737. The number of ether oxygens (including phenoxy) is 1. The zero-order valence-corrected chi connectivity index (χ0v) is 13.3. The molecule has 0 unspecified atom stereocenters. The van der Waals surface area contributed by atoms with E-state index in [1.165, 1.54) is 0 Å². The third-order valence-corrected chi connectivity index (χ3v) is 4.63. The summed E-state index contributed by atoms with van der Waals surface area (Å²) in [5.74, 6) is 1.62. The molecule has 0 aromatic carbocycles. The van der Waals surface area contributed by atoms with Crippen molar-refractivity contribution in [3.8, 4) is 0 Å². The van der Waals surface area contributed by atoms with Crippen LogP contribution >= 0.6 is 0 Å². The molecule has 2 atom stereocenters. The van der Waals surface area contributed by atoms with E-state index in [4.69, 9.17) is 4.74 Å². The van der Waals surface area contributed by atoms with Crippen molar-refractivity contribution in [1.82, 2.24) is 24.7 Å². The molecule has 4 heterocycles. The lowest BCUT2D eigenvalue weighted by Crippen LogP contribution is -2.52. The Morgan fingerprint density at radius 2 is 1.96 bits per heavy atom. The number of carbonyl (C=O) groups is 1. The summed E-state index contributed by atoms with van der Waals surface area (Å²) in [6, 6.07) is 3.83. The highest BCUT2D eigenvalue weighted by Crippen LogP contribution is 2.22. The number of fused-ring (bicyclic) bond motifs is 1. The largest absolute Gasteiger partial charge is 0.461 e. The number of anilines is 1. The van der Waals surface area contributed by atoms with Crippen LogP contribution in [0.1, 0.15) is 19.2 Å². The molecule has 0 bridgehead atoms. The molecule has 8 nitrogen and oxygen atoms in total. The summed E-state index contributed by atoms with van der Waals surface area (Å²) in [5.41, 5.74) is 0.757. The van der Waals surface area contributed by atoms with Crippen molar-refractivity contribution >= 4 is 17.4 Å². The molecule has 23 heavy (non-hydrogen) atoms. The van der Waals surface area contributed by atoms with Crippen LogP contribution in [0.3, 0.4) is 0 Å². The monoisotopic (exact) mass is 316 g/mol. The normalized spacial score (nSPS) is 26.0. The van der Waals surface area contributed by atoms with E-state index in [0.717, 1.165) is 49.9 Å². The van der Waals surface area contributed by atoms with Crippen LogP contribution in [0.4, 0.5) is 5.82 Å². The summed E-state index contributed by atoms with van der Waals surface area (Å²) in [6.45, 7) is 7.22. The molecule has 2 saturated heterocycles. The Morgan fingerprint density at radius 3 is 2.65 bits per heavy atom. The predicted octanol–water partition coefficient (Wildman–Crippen LogP) is 0.259. The summed E-state index contributed by atoms with van der Waals surface area (Å²) in [7, 11) is 0. The minimum absolute atomic E-state index is 0.0336. The molecule has 0 saturated carbocycles. The molecule has 2 aromatic heterocycles. The summed E-state index contributed by atoms with van der Waals surface area (Å²) < 4.78 is 7.03. The van der Waals surface area contributed by atoms with E-state index >= 15 is 0 Å². The standard InChI is InChI=1S/C15H20N6O2/c1-10-9-12(15(22)23-10)19-5-7-20(8-6-19)14-4-3-13-17-16-11(2)21(13)18-14/h3-4,10,12H,5-9H2,1-2H3/t10-,12-/m1/s1. The van der Waals surface area contributed by atoms with E-state index in [2.05, 4.69) is 25.1 Å². The van der Waals surface area contributed by atoms with Crippen molar-refractivity contribution in [2.45, 2.75) is 32.4 Å². The van der Waals surface area contributed by atoms with Gasteiger partial charge in [0.2, 0.25) is 0 Å². The van der Waals surface area contributed by atoms with Gasteiger partial charge in [0.15, 0.2) is 11.5 Å². The quantitative estimate of drug-likeness (QED) is 0.736. The molecule has 0 amide bonds. The van der Waals surface area contributed by atoms with E-state index in [1.807, 2.05) is 26.0 Å². The third-order valence-electron chi connectivity index (χ3n) is 4.63. The van der Waals surface area contributed by atoms with Crippen LogP contribution in [0.15, 0.2) is 12.1 Å². The van der Waals surface area contributed by atoms with E-state index < -0.39 is 0 Å². The highest BCUT2D eigenvalue weighted by atomic mass is 16.6.